The molecule has 0 heterocycles. The molecule has 0 N–H and O–H groups in total. The first-order valence-corrected chi connectivity index (χ1v) is 8.21. The van der Waals surface area contributed by atoms with E-state index in [2.05, 4.69) is 34.8 Å². The Bertz CT molecular complexity index is 485. The highest BCUT2D eigenvalue weighted by molar-refractivity contribution is 9.08. The summed E-state index contributed by atoms with van der Waals surface area (Å²) in [5.41, 5.74) is 2.00. The van der Waals surface area contributed by atoms with Gasteiger partial charge in [-0.3, -0.25) is 10.1 Å². The van der Waals surface area contributed by atoms with Crippen LogP contribution in [0.25, 0.3) is 0 Å². The van der Waals surface area contributed by atoms with Gasteiger partial charge in [-0.1, -0.05) is 22.9 Å². The molecule has 0 spiro atoms. The molecule has 0 bridgehead atoms. The Morgan fingerprint density at radius 2 is 2.00 bits per heavy atom. The molecular formula is C15H21BrN2O2. The lowest BCUT2D eigenvalue weighted by Crippen LogP contribution is -2.34. The molecule has 1 saturated carbocycles. The monoisotopic (exact) mass is 340 g/mol. The zero-order valence-corrected chi connectivity index (χ0v) is 13.6. The smallest absolute Gasteiger partial charge is 0.273 e. The lowest BCUT2D eigenvalue weighted by molar-refractivity contribution is -0.385. The molecule has 1 aromatic carbocycles. The highest BCUT2D eigenvalue weighted by atomic mass is 79.9. The number of nitro groups is 1. The summed E-state index contributed by atoms with van der Waals surface area (Å²) >= 11 is 3.34. The van der Waals surface area contributed by atoms with E-state index < -0.39 is 0 Å². The molecule has 1 aliphatic carbocycles. The molecule has 20 heavy (non-hydrogen) atoms. The van der Waals surface area contributed by atoms with Gasteiger partial charge in [-0.05, 0) is 43.7 Å². The summed E-state index contributed by atoms with van der Waals surface area (Å²) in [6.07, 6.45) is 4.96. The molecule has 1 aliphatic rings. The highest BCUT2D eigenvalue weighted by Gasteiger charge is 2.23. The second kappa shape index (κ2) is 6.57. The van der Waals surface area contributed by atoms with Crippen LogP contribution in [0.3, 0.4) is 0 Å². The number of hydrogen-bond acceptors (Lipinski definition) is 3. The minimum atomic E-state index is -0.317. The molecule has 0 unspecified atom stereocenters. The molecule has 5 heteroatoms. The van der Waals surface area contributed by atoms with Gasteiger partial charge in [-0.2, -0.15) is 0 Å². The molecule has 1 fully saturated rings. The van der Waals surface area contributed by atoms with Gasteiger partial charge in [0.15, 0.2) is 0 Å². The van der Waals surface area contributed by atoms with Crippen LogP contribution in [0, 0.1) is 16.0 Å². The van der Waals surface area contributed by atoms with Crippen molar-refractivity contribution < 1.29 is 4.92 Å². The van der Waals surface area contributed by atoms with Gasteiger partial charge in [0, 0.05) is 35.7 Å². The van der Waals surface area contributed by atoms with Crippen LogP contribution in [0.4, 0.5) is 11.4 Å². The van der Waals surface area contributed by atoms with Crippen molar-refractivity contribution in [2.75, 3.05) is 11.9 Å². The van der Waals surface area contributed by atoms with Gasteiger partial charge < -0.3 is 4.90 Å². The van der Waals surface area contributed by atoms with Crippen molar-refractivity contribution in [1.82, 2.24) is 0 Å². The topological polar surface area (TPSA) is 46.4 Å². The molecule has 0 radical (unpaired) electrons. The molecule has 0 saturated heterocycles. The van der Waals surface area contributed by atoms with E-state index in [9.17, 15) is 10.1 Å². The minimum Gasteiger partial charge on any atom is -0.372 e. The number of nitro benzene ring substituents is 1. The molecular weight excluding hydrogens is 320 g/mol. The van der Waals surface area contributed by atoms with E-state index in [1.54, 1.807) is 6.07 Å². The third kappa shape index (κ3) is 3.32. The maximum absolute atomic E-state index is 11.0. The molecule has 110 valence electrons. The lowest BCUT2D eigenvalue weighted by atomic mass is 9.86. The normalized spacial score (nSPS) is 22.6. The van der Waals surface area contributed by atoms with Crippen molar-refractivity contribution in [3.63, 3.8) is 0 Å². The average Bonchev–Trinajstić information content (AvgIpc) is 2.46. The van der Waals surface area contributed by atoms with Gasteiger partial charge in [-0.15, -0.1) is 0 Å². The second-order valence-electron chi connectivity index (χ2n) is 5.73. The summed E-state index contributed by atoms with van der Waals surface area (Å²) in [5.74, 6) is 0.828. The molecule has 0 aliphatic heterocycles. The Balaban J connectivity index is 2.18. The van der Waals surface area contributed by atoms with Crippen LogP contribution < -0.4 is 4.90 Å². The lowest BCUT2D eigenvalue weighted by Gasteiger charge is -2.35. The van der Waals surface area contributed by atoms with Crippen LogP contribution in [-0.2, 0) is 5.33 Å². The van der Waals surface area contributed by atoms with Crippen LogP contribution in [0.15, 0.2) is 18.2 Å². The van der Waals surface area contributed by atoms with Crippen molar-refractivity contribution in [1.29, 1.82) is 0 Å². The quantitative estimate of drug-likeness (QED) is 0.460. The number of hydrogen-bond donors (Lipinski definition) is 0. The largest absolute Gasteiger partial charge is 0.372 e. The average molecular weight is 341 g/mol. The van der Waals surface area contributed by atoms with Crippen molar-refractivity contribution in [3.8, 4) is 0 Å². The van der Waals surface area contributed by atoms with Gasteiger partial charge >= 0.3 is 0 Å². The Kier molecular flexibility index (Phi) is 5.02. The first kappa shape index (κ1) is 15.3. The number of alkyl halides is 1. The highest BCUT2D eigenvalue weighted by Crippen LogP contribution is 2.32. The van der Waals surface area contributed by atoms with Crippen LogP contribution in [0.5, 0.6) is 0 Å². The number of halogens is 1. The molecule has 0 amide bonds. The van der Waals surface area contributed by atoms with E-state index >= 15 is 0 Å². The Morgan fingerprint density at radius 3 is 2.55 bits per heavy atom. The number of anilines is 1. The SMILES string of the molecule is CC1CCC(N(C)c2ccc([N+](=O)[O-])c(CBr)c2)CC1. The first-order valence-electron chi connectivity index (χ1n) is 7.09. The van der Waals surface area contributed by atoms with E-state index in [0.717, 1.165) is 17.2 Å². The van der Waals surface area contributed by atoms with E-state index in [0.29, 0.717) is 11.4 Å². The van der Waals surface area contributed by atoms with Crippen LogP contribution in [0.2, 0.25) is 0 Å². The fourth-order valence-electron chi connectivity index (χ4n) is 2.92. The van der Waals surface area contributed by atoms with E-state index in [-0.39, 0.29) is 10.6 Å². The summed E-state index contributed by atoms with van der Waals surface area (Å²) in [5, 5.41) is 11.5. The second-order valence-corrected chi connectivity index (χ2v) is 6.29. The fourth-order valence-corrected chi connectivity index (χ4v) is 3.37. The van der Waals surface area contributed by atoms with Gasteiger partial charge in [0.1, 0.15) is 0 Å². The number of benzene rings is 1. The Labute approximate surface area is 128 Å². The van der Waals surface area contributed by atoms with Crippen LogP contribution in [0.1, 0.15) is 38.2 Å². The summed E-state index contributed by atoms with van der Waals surface area (Å²) in [7, 11) is 2.10. The van der Waals surface area contributed by atoms with Gasteiger partial charge in [0.2, 0.25) is 0 Å². The van der Waals surface area contributed by atoms with Crippen LogP contribution >= 0.6 is 15.9 Å². The molecule has 0 aromatic heterocycles. The van der Waals surface area contributed by atoms with Gasteiger partial charge in [0.05, 0.1) is 4.92 Å². The predicted molar refractivity (Wildman–Crippen MR) is 85.6 cm³/mol. The van der Waals surface area contributed by atoms with Gasteiger partial charge in [0.25, 0.3) is 5.69 Å². The fraction of sp³-hybridized carbons (Fsp3) is 0.600. The summed E-state index contributed by atoms with van der Waals surface area (Å²) in [6.45, 7) is 2.31. The van der Waals surface area contributed by atoms with Crippen molar-refractivity contribution in [3.05, 3.63) is 33.9 Å². The van der Waals surface area contributed by atoms with Crippen molar-refractivity contribution in [2.24, 2.45) is 5.92 Å². The summed E-state index contributed by atoms with van der Waals surface area (Å²) < 4.78 is 0. The van der Waals surface area contributed by atoms with E-state index in [1.165, 1.54) is 25.7 Å². The maximum atomic E-state index is 11.0. The standard InChI is InChI=1S/C15H21BrN2O2/c1-11-3-5-13(6-4-11)17(2)14-7-8-15(18(19)20)12(9-14)10-16/h7-9,11,13H,3-6,10H2,1-2H3. The zero-order valence-electron chi connectivity index (χ0n) is 12.0. The van der Waals surface area contributed by atoms with Crippen molar-refractivity contribution in [2.45, 2.75) is 44.0 Å². The Morgan fingerprint density at radius 1 is 1.35 bits per heavy atom. The summed E-state index contributed by atoms with van der Waals surface area (Å²) in [6, 6.07) is 5.97. The van der Waals surface area contributed by atoms with Crippen LogP contribution in [-0.4, -0.2) is 18.0 Å². The number of rotatable bonds is 4. The molecule has 4 nitrogen and oxygen atoms in total. The van der Waals surface area contributed by atoms with Crippen molar-refractivity contribution >= 4 is 27.3 Å². The number of nitrogens with zero attached hydrogens (tertiary/aromatic N) is 2. The molecule has 2 rings (SSSR count). The summed E-state index contributed by atoms with van der Waals surface area (Å²) in [4.78, 5) is 12.9. The first-order chi connectivity index (χ1) is 9.52. The Hall–Kier alpha value is -1.10. The third-order valence-corrected chi connectivity index (χ3v) is 4.95. The predicted octanol–water partition coefficient (Wildman–Crippen LogP) is 4.50. The molecule has 0 atom stereocenters. The zero-order chi connectivity index (χ0) is 14.7. The maximum Gasteiger partial charge on any atom is 0.273 e. The van der Waals surface area contributed by atoms with E-state index in [1.807, 2.05) is 12.1 Å². The third-order valence-electron chi connectivity index (χ3n) is 4.34. The van der Waals surface area contributed by atoms with E-state index in [4.69, 9.17) is 0 Å². The van der Waals surface area contributed by atoms with Gasteiger partial charge in [-0.25, -0.2) is 0 Å². The molecule has 1 aromatic rings. The minimum absolute atomic E-state index is 0.191.